The molecule has 0 aromatic rings. The molecular weight excluding hydrogens is 861 g/mol. The third kappa shape index (κ3) is 55.9. The van der Waals surface area contributed by atoms with Gasteiger partial charge in [-0.3, -0.25) is 9.59 Å². The number of aliphatic hydroxyl groups is 1. The van der Waals surface area contributed by atoms with E-state index in [1.54, 1.807) is 0 Å². The fraction of sp³-hybridized carbons (Fsp3) is 0.538. The lowest BCUT2D eigenvalue weighted by molar-refractivity contribution is -0.161. The number of allylic oxidation sites excluding steroid dienone is 28. The smallest absolute Gasteiger partial charge is 0.306 e. The van der Waals surface area contributed by atoms with Crippen molar-refractivity contribution in [3.05, 3.63) is 170 Å². The topological polar surface area (TPSA) is 72.8 Å². The van der Waals surface area contributed by atoms with Gasteiger partial charge in [0.25, 0.3) is 0 Å². The molecule has 5 heteroatoms. The van der Waals surface area contributed by atoms with Crippen molar-refractivity contribution in [2.45, 2.75) is 213 Å². The van der Waals surface area contributed by atoms with Crippen LogP contribution < -0.4 is 0 Å². The second-order valence-electron chi connectivity index (χ2n) is 17.5. The Kier molecular flexibility index (Phi) is 54.6. The minimum Gasteiger partial charge on any atom is -0.462 e. The first-order valence-electron chi connectivity index (χ1n) is 27.7. The first kappa shape index (κ1) is 65.3. The Labute approximate surface area is 430 Å². The normalized spacial score (nSPS) is 13.6. The van der Waals surface area contributed by atoms with E-state index in [0.29, 0.717) is 12.8 Å². The Bertz CT molecular complexity index is 1600. The summed E-state index contributed by atoms with van der Waals surface area (Å²) in [5.74, 6) is -0.661. The molecule has 0 fully saturated rings. The van der Waals surface area contributed by atoms with Gasteiger partial charge in [0.2, 0.25) is 0 Å². The van der Waals surface area contributed by atoms with E-state index >= 15 is 0 Å². The number of hydrogen-bond acceptors (Lipinski definition) is 5. The Hall–Kier alpha value is -4.74. The van der Waals surface area contributed by atoms with Crippen LogP contribution in [-0.2, 0) is 19.1 Å². The van der Waals surface area contributed by atoms with Gasteiger partial charge in [0.05, 0.1) is 6.61 Å². The molecule has 0 saturated carbocycles. The van der Waals surface area contributed by atoms with Crippen molar-refractivity contribution in [2.75, 3.05) is 13.2 Å². The van der Waals surface area contributed by atoms with Crippen LogP contribution in [0.25, 0.3) is 0 Å². The number of unbranched alkanes of at least 4 members (excludes halogenated alkanes) is 12. The predicted octanol–water partition coefficient (Wildman–Crippen LogP) is 19.0. The highest BCUT2D eigenvalue weighted by Crippen LogP contribution is 2.13. The lowest BCUT2D eigenvalue weighted by Gasteiger charge is -2.15. The van der Waals surface area contributed by atoms with Gasteiger partial charge in [-0.25, -0.2) is 0 Å². The van der Waals surface area contributed by atoms with Gasteiger partial charge in [-0.2, -0.15) is 0 Å². The van der Waals surface area contributed by atoms with Crippen LogP contribution in [0.1, 0.15) is 206 Å². The number of carbonyl (C=O) groups is 2. The van der Waals surface area contributed by atoms with E-state index in [1.165, 1.54) is 51.4 Å². The van der Waals surface area contributed by atoms with Gasteiger partial charge >= 0.3 is 11.9 Å². The van der Waals surface area contributed by atoms with Crippen molar-refractivity contribution in [3.8, 4) is 0 Å². The molecule has 0 aliphatic rings. The minimum atomic E-state index is -0.812. The number of rotatable bonds is 48. The molecule has 0 aliphatic heterocycles. The van der Waals surface area contributed by atoms with Crippen LogP contribution in [0.5, 0.6) is 0 Å². The molecule has 0 saturated heterocycles. The molecule has 0 aromatic carbocycles. The summed E-state index contributed by atoms with van der Waals surface area (Å²) in [6, 6.07) is 0. The number of carbonyl (C=O) groups excluding carboxylic acids is 2. The Morgan fingerprint density at radius 2 is 0.571 bits per heavy atom. The molecule has 0 rings (SSSR count). The number of ether oxygens (including phenoxy) is 2. The molecule has 0 aromatic heterocycles. The number of aliphatic hydroxyl groups excluding tert-OH is 1. The van der Waals surface area contributed by atoms with E-state index in [4.69, 9.17) is 9.47 Å². The van der Waals surface area contributed by atoms with Crippen molar-refractivity contribution in [3.63, 3.8) is 0 Å². The average Bonchev–Trinajstić information content (AvgIpc) is 3.36. The molecule has 0 aliphatic carbocycles. The molecule has 70 heavy (non-hydrogen) atoms. The van der Waals surface area contributed by atoms with Crippen LogP contribution in [0.3, 0.4) is 0 Å². The van der Waals surface area contributed by atoms with Crippen molar-refractivity contribution < 1.29 is 24.2 Å². The van der Waals surface area contributed by atoms with Gasteiger partial charge in [-0.1, -0.05) is 235 Å². The van der Waals surface area contributed by atoms with E-state index < -0.39 is 6.10 Å². The molecular formula is C65H100O5. The van der Waals surface area contributed by atoms with E-state index in [0.717, 1.165) is 122 Å². The maximum atomic E-state index is 12.3. The molecule has 0 bridgehead atoms. The monoisotopic (exact) mass is 961 g/mol. The van der Waals surface area contributed by atoms with Gasteiger partial charge < -0.3 is 14.6 Å². The third-order valence-electron chi connectivity index (χ3n) is 11.0. The number of hydrogen-bond donors (Lipinski definition) is 1. The molecule has 0 amide bonds. The standard InChI is InChI=1S/C65H100O5/c1-3-5-7-9-11-13-15-17-19-21-23-25-27-28-29-30-31-32-33-34-35-36-38-40-42-44-46-48-50-52-54-56-58-60-65(68)70-63(61-66)62-69-64(67)59-57-55-53-51-49-47-45-43-41-39-37-26-24-22-20-18-16-14-12-10-8-6-4-2/h5-8,11-14,17-20,23-26,28-29,31-32,34-35,38,40,44,46,50,52,63,66H,3-4,9-10,15-16,21-22,27,30,33,36-37,39,41-43,45,47-49,51,53-62H2,1-2H3/b7-5-,8-6-,13-11-,14-12-,19-17-,20-18-,25-23-,26-24-,29-28-,32-31-,35-34-,40-38-,46-44-,52-50-. The zero-order chi connectivity index (χ0) is 50.6. The Morgan fingerprint density at radius 3 is 0.886 bits per heavy atom. The second-order valence-corrected chi connectivity index (χ2v) is 17.5. The summed E-state index contributed by atoms with van der Waals surface area (Å²) < 4.78 is 10.7. The summed E-state index contributed by atoms with van der Waals surface area (Å²) in [5, 5.41) is 9.64. The molecule has 0 heterocycles. The maximum absolute atomic E-state index is 12.3. The van der Waals surface area contributed by atoms with Crippen LogP contribution in [0, 0.1) is 0 Å². The fourth-order valence-corrected chi connectivity index (χ4v) is 6.93. The van der Waals surface area contributed by atoms with Crippen LogP contribution in [-0.4, -0.2) is 36.4 Å². The van der Waals surface area contributed by atoms with Gasteiger partial charge in [0.15, 0.2) is 6.10 Å². The highest BCUT2D eigenvalue weighted by molar-refractivity contribution is 5.70. The van der Waals surface area contributed by atoms with Gasteiger partial charge in [-0.05, 0) is 128 Å². The first-order valence-corrected chi connectivity index (χ1v) is 27.7. The highest BCUT2D eigenvalue weighted by atomic mass is 16.6. The van der Waals surface area contributed by atoms with Crippen molar-refractivity contribution >= 4 is 11.9 Å². The van der Waals surface area contributed by atoms with Gasteiger partial charge in [-0.15, -0.1) is 0 Å². The Morgan fingerprint density at radius 1 is 0.329 bits per heavy atom. The zero-order valence-electron chi connectivity index (χ0n) is 44.5. The summed E-state index contributed by atoms with van der Waals surface area (Å²) in [6.45, 7) is 3.86. The summed E-state index contributed by atoms with van der Waals surface area (Å²) in [7, 11) is 0. The lowest BCUT2D eigenvalue weighted by atomic mass is 10.1. The van der Waals surface area contributed by atoms with E-state index in [1.807, 2.05) is 0 Å². The Balaban J connectivity index is 3.69. The number of esters is 2. The van der Waals surface area contributed by atoms with E-state index in [-0.39, 0.29) is 31.6 Å². The molecule has 0 spiro atoms. The summed E-state index contributed by atoms with van der Waals surface area (Å²) in [4.78, 5) is 24.5. The van der Waals surface area contributed by atoms with Crippen molar-refractivity contribution in [2.24, 2.45) is 0 Å². The molecule has 0 radical (unpaired) electrons. The van der Waals surface area contributed by atoms with Crippen LogP contribution >= 0.6 is 0 Å². The van der Waals surface area contributed by atoms with Crippen LogP contribution in [0.4, 0.5) is 0 Å². The molecule has 1 N–H and O–H groups in total. The third-order valence-corrected chi connectivity index (χ3v) is 11.0. The lowest BCUT2D eigenvalue weighted by Crippen LogP contribution is -2.28. The average molecular weight is 962 g/mol. The van der Waals surface area contributed by atoms with E-state index in [2.05, 4.69) is 184 Å². The summed E-state index contributed by atoms with van der Waals surface area (Å²) in [6.07, 6.45) is 91.7. The first-order chi connectivity index (χ1) is 34.6. The molecule has 390 valence electrons. The summed E-state index contributed by atoms with van der Waals surface area (Å²) >= 11 is 0. The van der Waals surface area contributed by atoms with E-state index in [9.17, 15) is 14.7 Å². The SMILES string of the molecule is CC/C=C\C/C=C\C/C=C\C/C=C\C/C=C\C/C=C\C/C=C\C/C=C\C/C=C\C/C=C\CCCCC(=O)OC(CO)COC(=O)CCCCCCCCCCCC/C=C\C/C=C\C/C=C\C/C=C\CC. The quantitative estimate of drug-likeness (QED) is 0.0374. The molecule has 1 unspecified atom stereocenters. The predicted molar refractivity (Wildman–Crippen MR) is 306 cm³/mol. The molecule has 1 atom stereocenters. The molecule has 5 nitrogen and oxygen atoms in total. The second kappa shape index (κ2) is 58.6. The fourth-order valence-electron chi connectivity index (χ4n) is 6.93. The largest absolute Gasteiger partial charge is 0.462 e. The minimum absolute atomic E-state index is 0.0979. The zero-order valence-corrected chi connectivity index (χ0v) is 44.5. The van der Waals surface area contributed by atoms with Crippen molar-refractivity contribution in [1.29, 1.82) is 0 Å². The highest BCUT2D eigenvalue weighted by Gasteiger charge is 2.16. The van der Waals surface area contributed by atoms with Crippen LogP contribution in [0.2, 0.25) is 0 Å². The summed E-state index contributed by atoms with van der Waals surface area (Å²) in [5.41, 5.74) is 0. The van der Waals surface area contributed by atoms with Gasteiger partial charge in [0.1, 0.15) is 6.61 Å². The van der Waals surface area contributed by atoms with Crippen LogP contribution in [0.15, 0.2) is 170 Å². The van der Waals surface area contributed by atoms with Crippen molar-refractivity contribution in [1.82, 2.24) is 0 Å². The maximum Gasteiger partial charge on any atom is 0.306 e. The van der Waals surface area contributed by atoms with Gasteiger partial charge in [0, 0.05) is 12.8 Å².